The molecule has 1 aliphatic heterocycles. The van der Waals surface area contributed by atoms with Crippen molar-refractivity contribution in [2.45, 2.75) is 59.0 Å². The lowest BCUT2D eigenvalue weighted by molar-refractivity contribution is -0.163. The van der Waals surface area contributed by atoms with Gasteiger partial charge in [-0.05, 0) is 43.7 Å². The van der Waals surface area contributed by atoms with Gasteiger partial charge in [0.15, 0.2) is 0 Å². The van der Waals surface area contributed by atoms with Crippen LogP contribution in [-0.4, -0.2) is 52.8 Å². The Kier molecular flexibility index (Phi) is 7.87. The van der Waals surface area contributed by atoms with Crippen molar-refractivity contribution in [3.05, 3.63) is 29.8 Å². The summed E-state index contributed by atoms with van der Waals surface area (Å²) < 4.78 is 5.78. The predicted octanol–water partition coefficient (Wildman–Crippen LogP) is 3.58. The normalized spacial score (nSPS) is 22.3. The van der Waals surface area contributed by atoms with Gasteiger partial charge in [0.25, 0.3) is 5.91 Å². The van der Waals surface area contributed by atoms with Crippen LogP contribution in [0, 0.1) is 11.3 Å². The van der Waals surface area contributed by atoms with Gasteiger partial charge in [-0.15, -0.1) is 0 Å². The van der Waals surface area contributed by atoms with Crippen LogP contribution in [0.4, 0.5) is 0 Å². The number of aliphatic hydroxyl groups excluding tert-OH is 1. The van der Waals surface area contributed by atoms with Crippen LogP contribution in [0.15, 0.2) is 24.3 Å². The molecule has 2 rings (SSSR count). The van der Waals surface area contributed by atoms with Gasteiger partial charge in [0.05, 0.1) is 18.3 Å². The molecule has 1 aromatic rings. The highest BCUT2D eigenvalue weighted by atomic mass is 16.5. The number of amides is 1. The number of carbonyl (C=O) groups excluding carboxylic acids is 1. The van der Waals surface area contributed by atoms with Crippen LogP contribution in [0.25, 0.3) is 0 Å². The first-order valence-electron chi connectivity index (χ1n) is 10.2. The van der Waals surface area contributed by atoms with E-state index in [0.29, 0.717) is 43.2 Å². The predicted molar refractivity (Wildman–Crippen MR) is 108 cm³/mol. The number of para-hydroxylation sites is 1. The number of nitrogens with zero attached hydrogens (tertiary/aromatic N) is 1. The first-order chi connectivity index (χ1) is 13.3. The van der Waals surface area contributed by atoms with Crippen LogP contribution in [0.3, 0.4) is 0 Å². The number of aliphatic hydroxyl groups is 1. The number of carbonyl (C=O) groups is 2. The molecular formula is C22H33NO5. The van der Waals surface area contributed by atoms with E-state index in [9.17, 15) is 19.8 Å². The average molecular weight is 392 g/mol. The number of aliphatic carboxylic acids is 1. The zero-order valence-corrected chi connectivity index (χ0v) is 17.2. The van der Waals surface area contributed by atoms with Crippen LogP contribution in [0.5, 0.6) is 5.75 Å². The van der Waals surface area contributed by atoms with Crippen LogP contribution < -0.4 is 4.74 Å². The number of hydrogen-bond acceptors (Lipinski definition) is 4. The van der Waals surface area contributed by atoms with E-state index >= 15 is 0 Å². The third kappa shape index (κ3) is 5.04. The second-order valence-electron chi connectivity index (χ2n) is 8.12. The molecule has 1 saturated heterocycles. The Morgan fingerprint density at radius 3 is 2.68 bits per heavy atom. The first-order valence-corrected chi connectivity index (χ1v) is 10.2. The molecule has 28 heavy (non-hydrogen) atoms. The maximum absolute atomic E-state index is 13.2. The van der Waals surface area contributed by atoms with Crippen molar-refractivity contribution in [3.8, 4) is 5.75 Å². The van der Waals surface area contributed by atoms with Gasteiger partial charge in [-0.25, -0.2) is 0 Å². The summed E-state index contributed by atoms with van der Waals surface area (Å²) in [5.41, 5.74) is -0.880. The lowest BCUT2D eigenvalue weighted by atomic mass is 9.72. The van der Waals surface area contributed by atoms with E-state index in [0.717, 1.165) is 12.8 Å². The number of ether oxygens (including phenoxy) is 1. The van der Waals surface area contributed by atoms with Crippen LogP contribution in [0.1, 0.15) is 63.2 Å². The third-order valence-corrected chi connectivity index (χ3v) is 5.54. The first kappa shape index (κ1) is 22.2. The molecule has 0 saturated carbocycles. The van der Waals surface area contributed by atoms with Crippen molar-refractivity contribution >= 4 is 11.9 Å². The van der Waals surface area contributed by atoms with E-state index in [2.05, 4.69) is 6.92 Å². The van der Waals surface area contributed by atoms with Gasteiger partial charge in [0, 0.05) is 13.1 Å². The SMILES string of the molecule is CCCCOc1ccccc1C(=O)N1CC[C@@H](O)[C@](CCC(C)C)(C(=O)O)C1. The summed E-state index contributed by atoms with van der Waals surface area (Å²) in [6.07, 6.45) is 2.23. The van der Waals surface area contributed by atoms with Gasteiger partial charge in [-0.1, -0.05) is 39.3 Å². The Labute approximate surface area is 167 Å². The van der Waals surface area contributed by atoms with Crippen LogP contribution >= 0.6 is 0 Å². The van der Waals surface area contributed by atoms with Gasteiger partial charge in [-0.3, -0.25) is 9.59 Å². The van der Waals surface area contributed by atoms with Crippen molar-refractivity contribution < 1.29 is 24.5 Å². The lowest BCUT2D eigenvalue weighted by Gasteiger charge is -2.43. The van der Waals surface area contributed by atoms with Crippen LogP contribution in [-0.2, 0) is 4.79 Å². The Balaban J connectivity index is 2.23. The maximum atomic E-state index is 13.2. The molecule has 1 aromatic carbocycles. The second-order valence-corrected chi connectivity index (χ2v) is 8.12. The molecule has 6 heteroatoms. The zero-order chi connectivity index (χ0) is 20.7. The molecule has 1 aliphatic rings. The molecule has 2 N–H and O–H groups in total. The summed E-state index contributed by atoms with van der Waals surface area (Å²) in [7, 11) is 0. The highest BCUT2D eigenvalue weighted by Gasteiger charge is 2.50. The minimum absolute atomic E-state index is 0.0122. The van der Waals surface area contributed by atoms with Gasteiger partial charge >= 0.3 is 5.97 Å². The monoisotopic (exact) mass is 391 g/mol. The second kappa shape index (κ2) is 9.92. The number of carboxylic acids is 1. The molecule has 0 aromatic heterocycles. The number of benzene rings is 1. The molecule has 156 valence electrons. The van der Waals surface area contributed by atoms with E-state index in [1.54, 1.807) is 23.1 Å². The number of piperidine rings is 1. The number of rotatable bonds is 9. The lowest BCUT2D eigenvalue weighted by Crippen LogP contribution is -2.57. The van der Waals surface area contributed by atoms with E-state index in [4.69, 9.17) is 4.74 Å². The van der Waals surface area contributed by atoms with Gasteiger partial charge in [0.1, 0.15) is 11.2 Å². The fourth-order valence-electron chi connectivity index (χ4n) is 3.63. The number of carboxylic acid groups (broad SMARTS) is 1. The van der Waals surface area contributed by atoms with Gasteiger partial charge < -0.3 is 19.8 Å². The quantitative estimate of drug-likeness (QED) is 0.628. The summed E-state index contributed by atoms with van der Waals surface area (Å²) in [6, 6.07) is 7.08. The molecule has 1 heterocycles. The highest BCUT2D eigenvalue weighted by Crippen LogP contribution is 2.37. The summed E-state index contributed by atoms with van der Waals surface area (Å²) in [4.78, 5) is 26.9. The van der Waals surface area contributed by atoms with Gasteiger partial charge in [0.2, 0.25) is 0 Å². The smallest absolute Gasteiger partial charge is 0.314 e. The third-order valence-electron chi connectivity index (χ3n) is 5.54. The largest absolute Gasteiger partial charge is 0.493 e. The summed E-state index contributed by atoms with van der Waals surface area (Å²) in [5.74, 6) is -0.433. The molecule has 0 spiro atoms. The van der Waals surface area contributed by atoms with Crippen molar-refractivity contribution in [2.24, 2.45) is 11.3 Å². The highest BCUT2D eigenvalue weighted by molar-refractivity contribution is 5.97. The molecular weight excluding hydrogens is 358 g/mol. The molecule has 1 fully saturated rings. The Hall–Kier alpha value is -2.08. The Bertz CT molecular complexity index is 675. The molecule has 0 aliphatic carbocycles. The van der Waals surface area contributed by atoms with E-state index in [1.165, 1.54) is 0 Å². The van der Waals surface area contributed by atoms with E-state index in [-0.39, 0.29) is 18.9 Å². The Morgan fingerprint density at radius 2 is 2.04 bits per heavy atom. The maximum Gasteiger partial charge on any atom is 0.314 e. The number of likely N-dealkylation sites (tertiary alicyclic amines) is 1. The minimum Gasteiger partial charge on any atom is -0.493 e. The number of unbranched alkanes of at least 4 members (excludes halogenated alkanes) is 1. The average Bonchev–Trinajstić information content (AvgIpc) is 2.67. The van der Waals surface area contributed by atoms with Crippen LogP contribution in [0.2, 0.25) is 0 Å². The molecule has 0 unspecified atom stereocenters. The molecule has 0 radical (unpaired) electrons. The zero-order valence-electron chi connectivity index (χ0n) is 17.2. The van der Waals surface area contributed by atoms with Crippen molar-refractivity contribution in [2.75, 3.05) is 19.7 Å². The Morgan fingerprint density at radius 1 is 1.32 bits per heavy atom. The van der Waals surface area contributed by atoms with Gasteiger partial charge in [-0.2, -0.15) is 0 Å². The minimum atomic E-state index is -1.32. The van der Waals surface area contributed by atoms with Crippen molar-refractivity contribution in [3.63, 3.8) is 0 Å². The van der Waals surface area contributed by atoms with Crippen molar-refractivity contribution in [1.29, 1.82) is 0 Å². The topological polar surface area (TPSA) is 87.1 Å². The standard InChI is InChI=1S/C22H33NO5/c1-4-5-14-28-18-9-7-6-8-17(18)20(25)23-13-11-19(24)22(15-23,21(26)27)12-10-16(2)3/h6-9,16,19,24H,4-5,10-15H2,1-3H3,(H,26,27)/t19-,22-/m1/s1. The summed E-state index contributed by atoms with van der Waals surface area (Å²) in [6.45, 7) is 7.00. The molecule has 1 amide bonds. The summed E-state index contributed by atoms with van der Waals surface area (Å²) in [5, 5.41) is 20.4. The van der Waals surface area contributed by atoms with Crippen molar-refractivity contribution in [1.82, 2.24) is 4.90 Å². The number of hydrogen-bond donors (Lipinski definition) is 2. The fraction of sp³-hybridized carbons (Fsp3) is 0.636. The van der Waals surface area contributed by atoms with E-state index < -0.39 is 17.5 Å². The van der Waals surface area contributed by atoms with E-state index in [1.807, 2.05) is 19.9 Å². The summed E-state index contributed by atoms with van der Waals surface area (Å²) >= 11 is 0. The molecule has 0 bridgehead atoms. The fourth-order valence-corrected chi connectivity index (χ4v) is 3.63. The molecule has 6 nitrogen and oxygen atoms in total. The molecule has 2 atom stereocenters.